The third-order valence-electron chi connectivity index (χ3n) is 3.27. The highest BCUT2D eigenvalue weighted by Gasteiger charge is 2.07. The molecule has 0 fully saturated rings. The predicted molar refractivity (Wildman–Crippen MR) is 80.8 cm³/mol. The maximum absolute atomic E-state index is 4.54. The molecule has 0 bridgehead atoms. The van der Waals surface area contributed by atoms with Crippen LogP contribution in [0.5, 0.6) is 0 Å². The summed E-state index contributed by atoms with van der Waals surface area (Å²) in [5.74, 6) is 0.957. The minimum absolute atomic E-state index is 0.341. The summed E-state index contributed by atoms with van der Waals surface area (Å²) < 4.78 is 0. The Morgan fingerprint density at radius 3 is 2.47 bits per heavy atom. The normalized spacial score (nSPS) is 12.2. The van der Waals surface area contributed by atoms with E-state index in [4.69, 9.17) is 0 Å². The molecule has 3 heteroatoms. The summed E-state index contributed by atoms with van der Waals surface area (Å²) in [6.07, 6.45) is 1.95. The molecular formula is C16H21N3. The van der Waals surface area contributed by atoms with Gasteiger partial charge in [0.05, 0.1) is 0 Å². The fourth-order valence-electron chi connectivity index (χ4n) is 2.06. The van der Waals surface area contributed by atoms with Gasteiger partial charge in [-0.25, -0.2) is 4.98 Å². The number of nitrogens with one attached hydrogen (secondary N) is 1. The molecule has 1 heterocycles. The average Bonchev–Trinajstić information content (AvgIpc) is 2.48. The third kappa shape index (κ3) is 3.32. The first kappa shape index (κ1) is 13.6. The van der Waals surface area contributed by atoms with Crippen LogP contribution in [0.25, 0.3) is 0 Å². The number of rotatable bonds is 5. The molecular weight excluding hydrogens is 234 g/mol. The Hall–Kier alpha value is -1.87. The van der Waals surface area contributed by atoms with Crippen LogP contribution in [0.2, 0.25) is 0 Å². The molecule has 0 aliphatic rings. The monoisotopic (exact) mass is 255 g/mol. The highest BCUT2D eigenvalue weighted by atomic mass is 15.2. The van der Waals surface area contributed by atoms with Crippen molar-refractivity contribution in [1.82, 2.24) is 10.3 Å². The summed E-state index contributed by atoms with van der Waals surface area (Å²) in [6, 6.07) is 14.8. The van der Waals surface area contributed by atoms with Crippen LogP contribution in [0.4, 0.5) is 11.5 Å². The van der Waals surface area contributed by atoms with Gasteiger partial charge in [-0.05, 0) is 37.2 Å². The Kier molecular flexibility index (Phi) is 4.53. The van der Waals surface area contributed by atoms with E-state index < -0.39 is 0 Å². The van der Waals surface area contributed by atoms with Crippen molar-refractivity contribution in [2.75, 3.05) is 18.5 Å². The Labute approximate surface area is 115 Å². The van der Waals surface area contributed by atoms with Crippen molar-refractivity contribution in [2.45, 2.75) is 19.9 Å². The van der Waals surface area contributed by atoms with Crippen molar-refractivity contribution < 1.29 is 0 Å². The van der Waals surface area contributed by atoms with Crippen LogP contribution >= 0.6 is 0 Å². The fraction of sp³-hybridized carbons (Fsp3) is 0.312. The van der Waals surface area contributed by atoms with Crippen LogP contribution in [0, 0.1) is 0 Å². The Balaban J connectivity index is 2.14. The van der Waals surface area contributed by atoms with Gasteiger partial charge in [0.25, 0.3) is 0 Å². The van der Waals surface area contributed by atoms with E-state index in [1.54, 1.807) is 0 Å². The standard InChI is InChI=1S/C16H21N3/c1-4-17-13(2)14-10-11-16(18-12-14)19(3)15-8-6-5-7-9-15/h5-13,17H,4H2,1-3H3. The maximum Gasteiger partial charge on any atom is 0.132 e. The smallest absolute Gasteiger partial charge is 0.132 e. The van der Waals surface area contributed by atoms with E-state index in [0.29, 0.717) is 6.04 Å². The molecule has 2 rings (SSSR count). The molecule has 1 N–H and O–H groups in total. The van der Waals surface area contributed by atoms with Crippen LogP contribution in [0.1, 0.15) is 25.5 Å². The Morgan fingerprint density at radius 1 is 1.16 bits per heavy atom. The number of aromatic nitrogens is 1. The lowest BCUT2D eigenvalue weighted by Crippen LogP contribution is -2.18. The Morgan fingerprint density at radius 2 is 1.89 bits per heavy atom. The summed E-state index contributed by atoms with van der Waals surface area (Å²) in [6.45, 7) is 5.23. The van der Waals surface area contributed by atoms with Gasteiger partial charge >= 0.3 is 0 Å². The van der Waals surface area contributed by atoms with E-state index in [1.165, 1.54) is 5.56 Å². The number of anilines is 2. The number of hydrogen-bond acceptors (Lipinski definition) is 3. The molecule has 0 saturated carbocycles. The molecule has 1 unspecified atom stereocenters. The second kappa shape index (κ2) is 6.34. The minimum atomic E-state index is 0.341. The molecule has 0 saturated heterocycles. The lowest BCUT2D eigenvalue weighted by Gasteiger charge is -2.19. The van der Waals surface area contributed by atoms with Crippen LogP contribution in [-0.2, 0) is 0 Å². The molecule has 1 aromatic heterocycles. The van der Waals surface area contributed by atoms with Crippen molar-refractivity contribution in [3.8, 4) is 0 Å². The predicted octanol–water partition coefficient (Wildman–Crippen LogP) is 3.52. The molecule has 0 radical (unpaired) electrons. The number of pyridine rings is 1. The lowest BCUT2D eigenvalue weighted by molar-refractivity contribution is 0.596. The average molecular weight is 255 g/mol. The Bertz CT molecular complexity index is 493. The van der Waals surface area contributed by atoms with Crippen LogP contribution in [0.3, 0.4) is 0 Å². The molecule has 2 aromatic rings. The first-order valence-corrected chi connectivity index (χ1v) is 6.70. The lowest BCUT2D eigenvalue weighted by atomic mass is 10.1. The summed E-state index contributed by atoms with van der Waals surface area (Å²) in [5.41, 5.74) is 2.36. The van der Waals surface area contributed by atoms with Crippen LogP contribution in [-0.4, -0.2) is 18.6 Å². The van der Waals surface area contributed by atoms with Gasteiger partial charge in [0.1, 0.15) is 5.82 Å². The molecule has 0 aliphatic carbocycles. The zero-order chi connectivity index (χ0) is 13.7. The number of hydrogen-bond donors (Lipinski definition) is 1. The molecule has 0 aliphatic heterocycles. The number of nitrogens with zero attached hydrogens (tertiary/aromatic N) is 2. The van der Waals surface area contributed by atoms with Crippen molar-refractivity contribution in [3.63, 3.8) is 0 Å². The van der Waals surface area contributed by atoms with Gasteiger partial charge in [0.15, 0.2) is 0 Å². The maximum atomic E-state index is 4.54. The van der Waals surface area contributed by atoms with Gasteiger partial charge in [-0.1, -0.05) is 31.2 Å². The highest BCUT2D eigenvalue weighted by Crippen LogP contribution is 2.22. The summed E-state index contributed by atoms with van der Waals surface area (Å²) >= 11 is 0. The minimum Gasteiger partial charge on any atom is -0.329 e. The second-order valence-electron chi connectivity index (χ2n) is 4.62. The largest absolute Gasteiger partial charge is 0.329 e. The molecule has 0 spiro atoms. The van der Waals surface area contributed by atoms with Crippen molar-refractivity contribution in [1.29, 1.82) is 0 Å². The fourth-order valence-corrected chi connectivity index (χ4v) is 2.06. The van der Waals surface area contributed by atoms with E-state index in [2.05, 4.69) is 53.3 Å². The molecule has 3 nitrogen and oxygen atoms in total. The van der Waals surface area contributed by atoms with Crippen molar-refractivity contribution >= 4 is 11.5 Å². The SMILES string of the molecule is CCNC(C)c1ccc(N(C)c2ccccc2)nc1. The summed E-state index contributed by atoms with van der Waals surface area (Å²) in [5, 5.41) is 3.39. The first-order chi connectivity index (χ1) is 9.22. The van der Waals surface area contributed by atoms with E-state index in [-0.39, 0.29) is 0 Å². The molecule has 1 aromatic carbocycles. The van der Waals surface area contributed by atoms with Gasteiger partial charge in [-0.2, -0.15) is 0 Å². The second-order valence-corrected chi connectivity index (χ2v) is 4.62. The molecule has 19 heavy (non-hydrogen) atoms. The highest BCUT2D eigenvalue weighted by molar-refractivity contribution is 5.58. The van der Waals surface area contributed by atoms with E-state index >= 15 is 0 Å². The molecule has 100 valence electrons. The number of benzene rings is 1. The summed E-state index contributed by atoms with van der Waals surface area (Å²) in [4.78, 5) is 6.63. The topological polar surface area (TPSA) is 28.2 Å². The van der Waals surface area contributed by atoms with Crippen LogP contribution < -0.4 is 10.2 Å². The van der Waals surface area contributed by atoms with Gasteiger partial charge in [0.2, 0.25) is 0 Å². The van der Waals surface area contributed by atoms with Crippen molar-refractivity contribution in [3.05, 3.63) is 54.2 Å². The first-order valence-electron chi connectivity index (χ1n) is 6.70. The van der Waals surface area contributed by atoms with Gasteiger partial charge < -0.3 is 10.2 Å². The van der Waals surface area contributed by atoms with Crippen LogP contribution in [0.15, 0.2) is 48.7 Å². The number of para-hydroxylation sites is 1. The van der Waals surface area contributed by atoms with Crippen molar-refractivity contribution in [2.24, 2.45) is 0 Å². The summed E-state index contributed by atoms with van der Waals surface area (Å²) in [7, 11) is 2.03. The molecule has 0 amide bonds. The van der Waals surface area contributed by atoms with E-state index in [0.717, 1.165) is 18.1 Å². The zero-order valence-corrected chi connectivity index (χ0v) is 11.8. The van der Waals surface area contributed by atoms with Gasteiger partial charge in [-0.3, -0.25) is 0 Å². The van der Waals surface area contributed by atoms with Gasteiger partial charge in [-0.15, -0.1) is 0 Å². The third-order valence-corrected chi connectivity index (χ3v) is 3.27. The van der Waals surface area contributed by atoms with E-state index in [9.17, 15) is 0 Å². The van der Waals surface area contributed by atoms with Gasteiger partial charge in [0, 0.05) is 25.0 Å². The van der Waals surface area contributed by atoms with E-state index in [1.807, 2.05) is 31.4 Å². The zero-order valence-electron chi connectivity index (χ0n) is 11.8. The molecule has 1 atom stereocenters. The quantitative estimate of drug-likeness (QED) is 0.886.